The quantitative estimate of drug-likeness (QED) is 0.464. The van der Waals surface area contributed by atoms with Crippen molar-refractivity contribution in [2.45, 2.75) is 0 Å². The fourth-order valence-electron chi connectivity index (χ4n) is 2.37. The van der Waals surface area contributed by atoms with Gasteiger partial charge in [-0.2, -0.15) is 10.5 Å². The van der Waals surface area contributed by atoms with Gasteiger partial charge in [0, 0.05) is 11.1 Å². The average Bonchev–Trinajstić information content (AvgIpc) is 2.89. The minimum absolute atomic E-state index is 0.0707. The molecule has 0 amide bonds. The van der Waals surface area contributed by atoms with Gasteiger partial charge >= 0.3 is 0 Å². The van der Waals surface area contributed by atoms with Crippen LogP contribution in [0.3, 0.4) is 0 Å². The fourth-order valence-corrected chi connectivity index (χ4v) is 2.37. The van der Waals surface area contributed by atoms with E-state index in [1.807, 2.05) is 18.2 Å². The second-order valence-electron chi connectivity index (χ2n) is 4.33. The third kappa shape index (κ3) is 1.63. The summed E-state index contributed by atoms with van der Waals surface area (Å²) in [5.74, 6) is 0. The molecule has 0 radical (unpaired) electrons. The van der Waals surface area contributed by atoms with E-state index in [-0.39, 0.29) is 17.1 Å². The molecule has 3 rings (SSSR count). The highest BCUT2D eigenvalue weighted by molar-refractivity contribution is 6.01. The van der Waals surface area contributed by atoms with E-state index in [1.54, 1.807) is 24.3 Å². The fraction of sp³-hybridized carbons (Fsp3) is 0. The summed E-state index contributed by atoms with van der Waals surface area (Å²) in [4.78, 5) is 11.6. The lowest BCUT2D eigenvalue weighted by atomic mass is 10.0. The van der Waals surface area contributed by atoms with E-state index in [1.165, 1.54) is 0 Å². The first kappa shape index (κ1) is 13.0. The van der Waals surface area contributed by atoms with Gasteiger partial charge in [0.1, 0.15) is 12.1 Å². The molecule has 1 heterocycles. The topological polar surface area (TPSA) is 102 Å². The molecular weight excluding hydrogens is 276 g/mol. The molecule has 0 atom stereocenters. The van der Waals surface area contributed by atoms with Crippen LogP contribution in [0.2, 0.25) is 0 Å². The van der Waals surface area contributed by atoms with Crippen LogP contribution in [0.1, 0.15) is 22.6 Å². The average molecular weight is 280 g/mol. The van der Waals surface area contributed by atoms with Crippen molar-refractivity contribution in [1.29, 1.82) is 15.8 Å². The summed E-state index contributed by atoms with van der Waals surface area (Å²) in [5.41, 5.74) is 2.11. The van der Waals surface area contributed by atoms with E-state index in [2.05, 4.69) is 14.8 Å². The van der Waals surface area contributed by atoms with E-state index in [0.717, 1.165) is 0 Å². The second kappa shape index (κ2) is 4.84. The number of rotatable bonds is 0. The van der Waals surface area contributed by atoms with Crippen molar-refractivity contribution in [3.8, 4) is 29.5 Å². The minimum atomic E-state index is -0.117. The second-order valence-corrected chi connectivity index (χ2v) is 4.33. The van der Waals surface area contributed by atoms with E-state index >= 15 is 0 Å². The number of allylic oxidation sites excluding steroid dienone is 1. The van der Waals surface area contributed by atoms with Crippen LogP contribution in [-0.2, 0) is 0 Å². The van der Waals surface area contributed by atoms with E-state index in [0.29, 0.717) is 28.1 Å². The Labute approximate surface area is 125 Å². The molecule has 0 saturated heterocycles. The number of nitriles is 3. The van der Waals surface area contributed by atoms with Crippen LogP contribution >= 0.6 is 0 Å². The summed E-state index contributed by atoms with van der Waals surface area (Å²) >= 11 is 0. The Balaban J connectivity index is 2.50. The Morgan fingerprint density at radius 2 is 1.55 bits per heavy atom. The summed E-state index contributed by atoms with van der Waals surface area (Å²) < 4.78 is 0. The van der Waals surface area contributed by atoms with Gasteiger partial charge in [-0.25, -0.2) is 20.1 Å². The van der Waals surface area contributed by atoms with E-state index in [9.17, 15) is 5.26 Å². The molecule has 6 nitrogen and oxygen atoms in total. The Bertz CT molecular complexity index is 1000. The van der Waals surface area contributed by atoms with E-state index in [4.69, 9.17) is 17.1 Å². The van der Waals surface area contributed by atoms with Crippen molar-refractivity contribution in [1.82, 2.24) is 9.97 Å². The monoisotopic (exact) mass is 280 g/mol. The molecule has 0 spiro atoms. The van der Waals surface area contributed by atoms with Gasteiger partial charge in [0.25, 0.3) is 5.70 Å². The number of hydrogen-bond donors (Lipinski definition) is 0. The molecule has 1 aromatic heterocycles. The zero-order valence-corrected chi connectivity index (χ0v) is 11.0. The van der Waals surface area contributed by atoms with Gasteiger partial charge < -0.3 is 0 Å². The molecular formula is C16H4N6. The predicted molar refractivity (Wildman–Crippen MR) is 75.1 cm³/mol. The Morgan fingerprint density at radius 3 is 2.09 bits per heavy atom. The van der Waals surface area contributed by atoms with Crippen molar-refractivity contribution < 1.29 is 0 Å². The standard InChI is InChI=1S/C16H4N6/c1-20-13(8-19)14-9-4-2-3-5-10(9)15-16(14)22-12(7-18)11(6-17)21-15/h2-5H. The normalized spacial score (nSPS) is 12.9. The molecule has 0 unspecified atom stereocenters. The van der Waals surface area contributed by atoms with Gasteiger partial charge in [-0.3, -0.25) is 0 Å². The highest BCUT2D eigenvalue weighted by Crippen LogP contribution is 2.43. The highest BCUT2D eigenvalue weighted by Gasteiger charge is 2.30. The van der Waals surface area contributed by atoms with Crippen LogP contribution in [0.25, 0.3) is 21.7 Å². The molecule has 0 N–H and O–H groups in total. The van der Waals surface area contributed by atoms with Crippen molar-refractivity contribution in [2.24, 2.45) is 0 Å². The van der Waals surface area contributed by atoms with Crippen LogP contribution in [-0.4, -0.2) is 9.97 Å². The Morgan fingerprint density at radius 1 is 0.955 bits per heavy atom. The minimum Gasteiger partial charge on any atom is -0.233 e. The summed E-state index contributed by atoms with van der Waals surface area (Å²) in [6.45, 7) is 7.16. The number of nitrogens with zero attached hydrogens (tertiary/aromatic N) is 6. The van der Waals surface area contributed by atoms with Crippen molar-refractivity contribution >= 4 is 5.57 Å². The Hall–Kier alpha value is -4.00. The van der Waals surface area contributed by atoms with Gasteiger partial charge in [-0.15, -0.1) is 0 Å². The zero-order valence-electron chi connectivity index (χ0n) is 11.0. The molecule has 0 bridgehead atoms. The molecule has 1 aliphatic rings. The number of benzene rings is 1. The van der Waals surface area contributed by atoms with Crippen molar-refractivity contribution in [3.63, 3.8) is 0 Å². The Kier molecular flexibility index (Phi) is 2.86. The van der Waals surface area contributed by atoms with Gasteiger partial charge in [0.05, 0.1) is 24.0 Å². The molecule has 0 aliphatic heterocycles. The number of aromatic nitrogens is 2. The SMILES string of the molecule is [C-]#[N+]C(C#N)=C1c2ccccc2-c2nc(C#N)c(C#N)nc21. The van der Waals surface area contributed by atoms with Crippen LogP contribution in [0, 0.1) is 40.6 Å². The van der Waals surface area contributed by atoms with Crippen molar-refractivity contribution in [2.75, 3.05) is 0 Å². The molecule has 0 fully saturated rings. The third-order valence-corrected chi connectivity index (χ3v) is 3.25. The molecule has 0 saturated carbocycles. The number of fused-ring (bicyclic) bond motifs is 3. The first-order valence-electron chi connectivity index (χ1n) is 6.09. The zero-order chi connectivity index (χ0) is 15.7. The van der Waals surface area contributed by atoms with E-state index < -0.39 is 0 Å². The molecule has 1 aromatic carbocycles. The molecule has 1 aliphatic carbocycles. The van der Waals surface area contributed by atoms with Crippen LogP contribution in [0.5, 0.6) is 0 Å². The summed E-state index contributed by atoms with van der Waals surface area (Å²) in [6.07, 6.45) is 0. The van der Waals surface area contributed by atoms with Crippen LogP contribution in [0.4, 0.5) is 0 Å². The van der Waals surface area contributed by atoms with Crippen LogP contribution < -0.4 is 0 Å². The third-order valence-electron chi connectivity index (χ3n) is 3.25. The summed E-state index contributed by atoms with van der Waals surface area (Å²) in [7, 11) is 0. The highest BCUT2D eigenvalue weighted by atomic mass is 14.9. The molecule has 98 valence electrons. The van der Waals surface area contributed by atoms with Gasteiger partial charge in [-0.05, 0) is 5.56 Å². The molecule has 6 heteroatoms. The first-order chi connectivity index (χ1) is 10.7. The summed E-state index contributed by atoms with van der Waals surface area (Å²) in [6, 6.07) is 12.6. The van der Waals surface area contributed by atoms with Crippen LogP contribution in [0.15, 0.2) is 30.0 Å². The maximum Gasteiger partial charge on any atom is 0.271 e. The lowest BCUT2D eigenvalue weighted by Gasteiger charge is -2.02. The van der Waals surface area contributed by atoms with Gasteiger partial charge in [-0.1, -0.05) is 24.3 Å². The maximum atomic E-state index is 9.18. The molecule has 2 aromatic rings. The lowest BCUT2D eigenvalue weighted by Crippen LogP contribution is -2.00. The first-order valence-corrected chi connectivity index (χ1v) is 6.09. The largest absolute Gasteiger partial charge is 0.271 e. The smallest absolute Gasteiger partial charge is 0.233 e. The number of hydrogen-bond acceptors (Lipinski definition) is 5. The lowest BCUT2D eigenvalue weighted by molar-refractivity contribution is 1.12. The van der Waals surface area contributed by atoms with Gasteiger partial charge in [0.2, 0.25) is 0 Å². The predicted octanol–water partition coefficient (Wildman–Crippen LogP) is 2.40. The summed E-state index contributed by atoms with van der Waals surface area (Å²) in [5, 5.41) is 27.3. The molecule has 22 heavy (non-hydrogen) atoms. The van der Waals surface area contributed by atoms with Gasteiger partial charge in [0.15, 0.2) is 11.4 Å². The van der Waals surface area contributed by atoms with Crippen molar-refractivity contribution in [3.05, 3.63) is 64.0 Å². The maximum absolute atomic E-state index is 9.18.